The number of hydrogen-bond acceptors (Lipinski definition) is 4. The molecule has 2 heterocycles. The molecular weight excluding hydrogens is 950 g/mol. The van der Waals surface area contributed by atoms with E-state index in [1.807, 2.05) is 36.4 Å². The van der Waals surface area contributed by atoms with Gasteiger partial charge in [-0.15, -0.1) is 0 Å². The average molecular weight is 992 g/mol. The molecule has 0 fully saturated rings. The van der Waals surface area contributed by atoms with E-state index in [1.54, 1.807) is 0 Å². The summed E-state index contributed by atoms with van der Waals surface area (Å²) in [5, 5.41) is 0. The Morgan fingerprint density at radius 3 is 0.779 bits per heavy atom. The molecule has 4 nitrogen and oxygen atoms in total. The fraction of sp³-hybridized carbons (Fsp3) is 0. The zero-order valence-corrected chi connectivity index (χ0v) is 41.2. The van der Waals surface area contributed by atoms with Gasteiger partial charge in [0, 0.05) is 0 Å². The molecule has 0 aromatic heterocycles. The molecule has 68 heavy (non-hydrogen) atoms. The number of hydrogen-bond donors (Lipinski definition) is 0. The summed E-state index contributed by atoms with van der Waals surface area (Å²) in [6.45, 7) is 0. The van der Waals surface area contributed by atoms with Crippen molar-refractivity contribution in [2.45, 2.75) is 0 Å². The molecule has 13 rings (SSSR count). The van der Waals surface area contributed by atoms with Crippen LogP contribution in [-0.4, -0.2) is 38.1 Å². The van der Waals surface area contributed by atoms with Crippen LogP contribution in [0.25, 0.3) is 0 Å². The van der Waals surface area contributed by atoms with Crippen LogP contribution in [0.1, 0.15) is 31.8 Å². The van der Waals surface area contributed by atoms with E-state index in [9.17, 15) is 9.59 Å². The van der Waals surface area contributed by atoms with E-state index >= 15 is 0 Å². The maximum absolute atomic E-state index is 15.0. The summed E-state index contributed by atoms with van der Waals surface area (Å²) in [6.07, 6.45) is 0. The van der Waals surface area contributed by atoms with Gasteiger partial charge in [0.25, 0.3) is 0 Å². The number of rotatable bonds is 6. The van der Waals surface area contributed by atoms with Crippen molar-refractivity contribution in [2.24, 2.45) is 0 Å². The van der Waals surface area contributed by atoms with Gasteiger partial charge in [-0.2, -0.15) is 0 Å². The van der Waals surface area contributed by atoms with Gasteiger partial charge in [0.1, 0.15) is 0 Å². The number of benzene rings is 10. The van der Waals surface area contributed by atoms with Crippen molar-refractivity contribution < 1.29 is 9.59 Å². The van der Waals surface area contributed by atoms with Crippen LogP contribution in [-0.2, 0) is 0 Å². The Balaban J connectivity index is 0.936. The third-order valence-corrected chi connectivity index (χ3v) is 34.9. The zero-order chi connectivity index (χ0) is 45.4. The monoisotopic (exact) mass is 994 g/mol. The molecule has 10 aromatic rings. The van der Waals surface area contributed by atoms with Crippen molar-refractivity contribution in [3.63, 3.8) is 0 Å². The minimum absolute atomic E-state index is 0.149. The quantitative estimate of drug-likeness (QED) is 0.157. The molecule has 1 aliphatic carbocycles. The molecule has 0 unspecified atom stereocenters. The molecule has 6 heteroatoms. The molecule has 0 saturated heterocycles. The van der Waals surface area contributed by atoms with Crippen LogP contribution in [0.15, 0.2) is 255 Å². The number of carbonyl (C=O) groups excluding carboxylic acids is 2. The number of carbonyl (C=O) groups is 2. The molecule has 0 N–H and O–H groups in total. The first-order valence-electron chi connectivity index (χ1n) is 23.2. The van der Waals surface area contributed by atoms with E-state index in [0.717, 1.165) is 34.1 Å². The fourth-order valence-corrected chi connectivity index (χ4v) is 33.2. The first kappa shape index (κ1) is 40.5. The Kier molecular flexibility index (Phi) is 9.49. The molecule has 0 spiro atoms. The molecule has 0 saturated carbocycles. The number of ketones is 2. The second-order valence-corrected chi connectivity index (χ2v) is 33.5. The molecule has 0 radical (unpaired) electrons. The molecule has 10 aromatic carbocycles. The molecule has 0 amide bonds. The summed E-state index contributed by atoms with van der Waals surface area (Å²) in [5.74, 6) is -0.299. The third kappa shape index (κ3) is 5.74. The Morgan fingerprint density at radius 1 is 0.250 bits per heavy atom. The molecular formula is C62H42Ge2N2O2. The second-order valence-electron chi connectivity index (χ2n) is 17.8. The van der Waals surface area contributed by atoms with Crippen LogP contribution in [0.4, 0.5) is 34.1 Å². The van der Waals surface area contributed by atoms with Crippen LogP contribution in [0.5, 0.6) is 0 Å². The minimum atomic E-state index is -3.59. The normalized spacial score (nSPS) is 14.7. The first-order chi connectivity index (χ1) is 33.6. The van der Waals surface area contributed by atoms with Gasteiger partial charge in [-0.25, -0.2) is 0 Å². The SMILES string of the molecule is O=C1c2ccc(N3c4cccc[c]4[Ge]([c]4ccccc4)([c]4ccccc4)[c]4ccccc43)cc2C(=O)c2ccc(N3c4cccc[c]4[Ge]([c]4ccccc4)([c]4ccccc4)[c]4ccccc43)cc21. The Bertz CT molecular complexity index is 3220. The van der Waals surface area contributed by atoms with Crippen molar-refractivity contribution >= 4 is 107 Å². The van der Waals surface area contributed by atoms with Gasteiger partial charge in [0.05, 0.1) is 0 Å². The van der Waals surface area contributed by atoms with Crippen molar-refractivity contribution in [1.29, 1.82) is 0 Å². The summed E-state index contributed by atoms with van der Waals surface area (Å²) >= 11 is -7.19. The Morgan fingerprint density at radius 2 is 0.500 bits per heavy atom. The number of fused-ring (bicyclic) bond motifs is 6. The van der Waals surface area contributed by atoms with Gasteiger partial charge in [0.15, 0.2) is 0 Å². The van der Waals surface area contributed by atoms with Crippen LogP contribution < -0.4 is 45.0 Å². The summed E-state index contributed by atoms with van der Waals surface area (Å²) in [7, 11) is 0. The number of anilines is 6. The van der Waals surface area contributed by atoms with E-state index in [1.165, 1.54) is 35.2 Å². The summed E-state index contributed by atoms with van der Waals surface area (Å²) in [4.78, 5) is 34.5. The van der Waals surface area contributed by atoms with Gasteiger partial charge in [-0.05, 0) is 0 Å². The standard InChI is InChI=1S/C62H42Ge2N2O2/c67-61-50-40-38-48(66-59-35-19-15-31-55(59)64(45-25-9-3-10-26-45,46-27-11-4-12-28-46)56-32-16-20-36-60(56)66)42-52(50)62(68)49-39-37-47(41-51(49)61)65-57-33-17-13-29-53(57)63(43-21-5-1-6-22-43,44-23-7-2-8-24-44)54-30-14-18-34-58(54)65/h1-42H. The second kappa shape index (κ2) is 15.9. The zero-order valence-electron chi connectivity index (χ0n) is 37.0. The van der Waals surface area contributed by atoms with Crippen molar-refractivity contribution in [3.8, 4) is 0 Å². The van der Waals surface area contributed by atoms with Crippen LogP contribution in [0.2, 0.25) is 0 Å². The van der Waals surface area contributed by atoms with Gasteiger partial charge in [0.2, 0.25) is 0 Å². The predicted octanol–water partition coefficient (Wildman–Crippen LogP) is 8.78. The molecule has 3 aliphatic rings. The van der Waals surface area contributed by atoms with Gasteiger partial charge < -0.3 is 0 Å². The number of para-hydroxylation sites is 4. The van der Waals surface area contributed by atoms with Crippen LogP contribution in [0, 0.1) is 0 Å². The van der Waals surface area contributed by atoms with Crippen molar-refractivity contribution in [2.75, 3.05) is 9.80 Å². The maximum atomic E-state index is 15.0. The summed E-state index contributed by atoms with van der Waals surface area (Å²) < 4.78 is 10.7. The van der Waals surface area contributed by atoms with Gasteiger partial charge in [-0.3, -0.25) is 0 Å². The number of nitrogens with zero attached hydrogens (tertiary/aromatic N) is 2. The van der Waals surface area contributed by atoms with Gasteiger partial charge >= 0.3 is 404 Å². The average Bonchev–Trinajstić information content (AvgIpc) is 3.41. The Labute approximate surface area is 401 Å². The topological polar surface area (TPSA) is 40.6 Å². The van der Waals surface area contributed by atoms with E-state index in [-0.39, 0.29) is 11.6 Å². The van der Waals surface area contributed by atoms with Crippen molar-refractivity contribution in [1.82, 2.24) is 0 Å². The Hall–Kier alpha value is -7.77. The summed E-state index contributed by atoms with van der Waals surface area (Å²) in [6, 6.07) is 90.9. The van der Waals surface area contributed by atoms with E-state index in [2.05, 4.69) is 228 Å². The van der Waals surface area contributed by atoms with Crippen molar-refractivity contribution in [3.05, 3.63) is 277 Å². The predicted molar refractivity (Wildman–Crippen MR) is 283 cm³/mol. The molecule has 320 valence electrons. The van der Waals surface area contributed by atoms with E-state index < -0.39 is 26.5 Å². The van der Waals surface area contributed by atoms with E-state index in [0.29, 0.717) is 22.3 Å². The van der Waals surface area contributed by atoms with Gasteiger partial charge in [-0.1, -0.05) is 0 Å². The fourth-order valence-electron chi connectivity index (χ4n) is 11.8. The summed E-state index contributed by atoms with van der Waals surface area (Å²) in [5.41, 5.74) is 7.73. The van der Waals surface area contributed by atoms with E-state index in [4.69, 9.17) is 0 Å². The first-order valence-corrected chi connectivity index (χ1v) is 31.6. The molecule has 0 bridgehead atoms. The van der Waals surface area contributed by atoms with Crippen LogP contribution >= 0.6 is 0 Å². The molecule has 2 aliphatic heterocycles. The molecule has 0 atom stereocenters. The third-order valence-electron chi connectivity index (χ3n) is 14.5. The van der Waals surface area contributed by atoms with Crippen LogP contribution in [0.3, 0.4) is 0 Å².